The van der Waals surface area contributed by atoms with Crippen LogP contribution in [-0.2, 0) is 11.2 Å². The zero-order valence-corrected chi connectivity index (χ0v) is 11.3. The first-order chi connectivity index (χ1) is 9.47. The molecule has 0 atom stereocenters. The SMILES string of the molecule is O=C(Cc1ccc(F)cc1F)Nc1ncnc(Cl)c1Cl. The summed E-state index contributed by atoms with van der Waals surface area (Å²) in [5.74, 6) is -2.05. The summed E-state index contributed by atoms with van der Waals surface area (Å²) in [4.78, 5) is 19.1. The fourth-order valence-electron chi connectivity index (χ4n) is 1.45. The highest BCUT2D eigenvalue weighted by atomic mass is 35.5. The van der Waals surface area contributed by atoms with Crippen molar-refractivity contribution in [3.63, 3.8) is 0 Å². The summed E-state index contributed by atoms with van der Waals surface area (Å²) in [7, 11) is 0. The summed E-state index contributed by atoms with van der Waals surface area (Å²) in [6, 6.07) is 2.97. The van der Waals surface area contributed by atoms with Gasteiger partial charge >= 0.3 is 0 Å². The number of anilines is 1. The van der Waals surface area contributed by atoms with Gasteiger partial charge in [-0.25, -0.2) is 18.7 Å². The summed E-state index contributed by atoms with van der Waals surface area (Å²) in [5.41, 5.74) is 0.0557. The van der Waals surface area contributed by atoms with Crippen molar-refractivity contribution in [1.82, 2.24) is 9.97 Å². The lowest BCUT2D eigenvalue weighted by Gasteiger charge is -2.07. The molecule has 4 nitrogen and oxygen atoms in total. The van der Waals surface area contributed by atoms with Gasteiger partial charge in [0.25, 0.3) is 0 Å². The Kier molecular flexibility index (Phi) is 4.46. The second-order valence-corrected chi connectivity index (χ2v) is 4.52. The molecule has 104 valence electrons. The molecule has 2 rings (SSSR count). The van der Waals surface area contributed by atoms with E-state index in [1.807, 2.05) is 0 Å². The number of amides is 1. The predicted molar refractivity (Wildman–Crippen MR) is 70.7 cm³/mol. The number of benzene rings is 1. The van der Waals surface area contributed by atoms with Crippen LogP contribution >= 0.6 is 23.2 Å². The van der Waals surface area contributed by atoms with Crippen molar-refractivity contribution in [2.45, 2.75) is 6.42 Å². The number of nitrogens with one attached hydrogen (secondary N) is 1. The van der Waals surface area contributed by atoms with Gasteiger partial charge in [-0.3, -0.25) is 4.79 Å². The van der Waals surface area contributed by atoms with Gasteiger partial charge in [-0.05, 0) is 11.6 Å². The van der Waals surface area contributed by atoms with Gasteiger partial charge < -0.3 is 5.32 Å². The molecule has 0 spiro atoms. The van der Waals surface area contributed by atoms with Crippen LogP contribution in [0.25, 0.3) is 0 Å². The molecule has 1 amide bonds. The van der Waals surface area contributed by atoms with Crippen molar-refractivity contribution in [2.24, 2.45) is 0 Å². The van der Waals surface area contributed by atoms with Gasteiger partial charge in [-0.1, -0.05) is 29.3 Å². The zero-order chi connectivity index (χ0) is 14.7. The van der Waals surface area contributed by atoms with E-state index in [1.165, 1.54) is 6.07 Å². The summed E-state index contributed by atoms with van der Waals surface area (Å²) in [6.45, 7) is 0. The third kappa shape index (κ3) is 3.40. The van der Waals surface area contributed by atoms with Crippen molar-refractivity contribution in [3.05, 3.63) is 51.9 Å². The van der Waals surface area contributed by atoms with Crippen LogP contribution in [0.2, 0.25) is 10.2 Å². The molecule has 1 N–H and O–H groups in total. The van der Waals surface area contributed by atoms with Gasteiger partial charge in [-0.2, -0.15) is 0 Å². The molecule has 0 aliphatic rings. The fourth-order valence-corrected chi connectivity index (χ4v) is 1.73. The lowest BCUT2D eigenvalue weighted by atomic mass is 10.1. The van der Waals surface area contributed by atoms with E-state index < -0.39 is 17.5 Å². The van der Waals surface area contributed by atoms with Crippen LogP contribution in [0.15, 0.2) is 24.5 Å². The topological polar surface area (TPSA) is 54.9 Å². The van der Waals surface area contributed by atoms with Gasteiger partial charge in [0.15, 0.2) is 11.0 Å². The van der Waals surface area contributed by atoms with E-state index in [4.69, 9.17) is 23.2 Å². The van der Waals surface area contributed by atoms with Crippen LogP contribution in [0.1, 0.15) is 5.56 Å². The summed E-state index contributed by atoms with van der Waals surface area (Å²) < 4.78 is 26.1. The van der Waals surface area contributed by atoms with Crippen molar-refractivity contribution in [1.29, 1.82) is 0 Å². The highest BCUT2D eigenvalue weighted by molar-refractivity contribution is 6.42. The maximum Gasteiger partial charge on any atom is 0.230 e. The van der Waals surface area contributed by atoms with E-state index in [0.29, 0.717) is 6.07 Å². The number of carbonyl (C=O) groups is 1. The number of hydrogen-bond donors (Lipinski definition) is 1. The molecule has 0 saturated carbocycles. The van der Waals surface area contributed by atoms with Crippen LogP contribution in [-0.4, -0.2) is 15.9 Å². The van der Waals surface area contributed by atoms with Crippen molar-refractivity contribution in [3.8, 4) is 0 Å². The molecule has 0 unspecified atom stereocenters. The Labute approximate surface area is 122 Å². The lowest BCUT2D eigenvalue weighted by Crippen LogP contribution is -2.16. The maximum absolute atomic E-state index is 13.4. The Bertz CT molecular complexity index is 667. The summed E-state index contributed by atoms with van der Waals surface area (Å²) in [6.07, 6.45) is 0.840. The van der Waals surface area contributed by atoms with Gasteiger partial charge in [0.05, 0.1) is 6.42 Å². The van der Waals surface area contributed by atoms with Crippen LogP contribution in [0.5, 0.6) is 0 Å². The molecule has 1 aromatic carbocycles. The average Bonchev–Trinajstić information content (AvgIpc) is 2.38. The smallest absolute Gasteiger partial charge is 0.230 e. The van der Waals surface area contributed by atoms with Crippen molar-refractivity contribution in [2.75, 3.05) is 5.32 Å². The maximum atomic E-state index is 13.4. The monoisotopic (exact) mass is 317 g/mol. The third-order valence-electron chi connectivity index (χ3n) is 2.37. The van der Waals surface area contributed by atoms with Gasteiger partial charge in [0, 0.05) is 6.07 Å². The third-order valence-corrected chi connectivity index (χ3v) is 3.11. The lowest BCUT2D eigenvalue weighted by molar-refractivity contribution is -0.115. The first kappa shape index (κ1) is 14.6. The molecule has 0 fully saturated rings. The van der Waals surface area contributed by atoms with Gasteiger partial charge in [0.1, 0.15) is 23.0 Å². The van der Waals surface area contributed by atoms with Crippen molar-refractivity contribution >= 4 is 34.9 Å². The summed E-state index contributed by atoms with van der Waals surface area (Å²) >= 11 is 11.5. The molecule has 2 aromatic rings. The van der Waals surface area contributed by atoms with E-state index in [2.05, 4.69) is 15.3 Å². The minimum atomic E-state index is -0.799. The molecule has 1 aromatic heterocycles. The molecule has 1 heterocycles. The van der Waals surface area contributed by atoms with Crippen molar-refractivity contribution < 1.29 is 13.6 Å². The summed E-state index contributed by atoms with van der Waals surface area (Å²) in [5, 5.41) is 2.35. The standard InChI is InChI=1S/C12H7Cl2F2N3O/c13-10-11(14)17-5-18-12(10)19-9(20)3-6-1-2-7(15)4-8(6)16/h1-2,4-5H,3H2,(H,17,18,19,20). The molecule has 0 saturated heterocycles. The van der Waals surface area contributed by atoms with Gasteiger partial charge in [0.2, 0.25) is 5.91 Å². The minimum Gasteiger partial charge on any atom is -0.309 e. The van der Waals surface area contributed by atoms with E-state index in [0.717, 1.165) is 12.4 Å². The van der Waals surface area contributed by atoms with E-state index >= 15 is 0 Å². The van der Waals surface area contributed by atoms with E-state index in [1.54, 1.807) is 0 Å². The Balaban J connectivity index is 2.11. The van der Waals surface area contributed by atoms with E-state index in [9.17, 15) is 13.6 Å². The molecule has 0 bridgehead atoms. The minimum absolute atomic E-state index is 0.00932. The highest BCUT2D eigenvalue weighted by Gasteiger charge is 2.13. The normalized spacial score (nSPS) is 10.4. The van der Waals surface area contributed by atoms with E-state index in [-0.39, 0.29) is 28.0 Å². The Hall–Kier alpha value is -1.79. The molecule has 8 heteroatoms. The number of rotatable bonds is 3. The second kappa shape index (κ2) is 6.11. The molecule has 0 aliphatic carbocycles. The Morgan fingerprint density at radius 2 is 2.00 bits per heavy atom. The van der Waals surface area contributed by atoms with Gasteiger partial charge in [-0.15, -0.1) is 0 Å². The van der Waals surface area contributed by atoms with Crippen LogP contribution in [0.3, 0.4) is 0 Å². The largest absolute Gasteiger partial charge is 0.309 e. The second-order valence-electron chi connectivity index (χ2n) is 3.79. The molecular weight excluding hydrogens is 311 g/mol. The number of hydrogen-bond acceptors (Lipinski definition) is 3. The number of halogens is 4. The van der Waals surface area contributed by atoms with Crippen LogP contribution in [0.4, 0.5) is 14.6 Å². The first-order valence-corrected chi connectivity index (χ1v) is 6.12. The average molecular weight is 318 g/mol. The molecular formula is C12H7Cl2F2N3O. The number of nitrogens with zero attached hydrogens (tertiary/aromatic N) is 2. The molecule has 0 aliphatic heterocycles. The predicted octanol–water partition coefficient (Wildman–Crippen LogP) is 3.24. The first-order valence-electron chi connectivity index (χ1n) is 5.37. The van der Waals surface area contributed by atoms with Crippen LogP contribution < -0.4 is 5.32 Å². The fraction of sp³-hybridized carbons (Fsp3) is 0.0833. The van der Waals surface area contributed by atoms with Crippen LogP contribution in [0, 0.1) is 11.6 Å². The zero-order valence-electron chi connectivity index (χ0n) is 9.83. The Morgan fingerprint density at radius 3 is 2.70 bits per heavy atom. The highest BCUT2D eigenvalue weighted by Crippen LogP contribution is 2.25. The Morgan fingerprint density at radius 1 is 1.25 bits per heavy atom. The quantitative estimate of drug-likeness (QED) is 0.884. The molecule has 20 heavy (non-hydrogen) atoms. The number of aromatic nitrogens is 2. The number of carbonyl (C=O) groups excluding carboxylic acids is 1. The molecule has 0 radical (unpaired) electrons.